The summed E-state index contributed by atoms with van der Waals surface area (Å²) in [6.07, 6.45) is 2.93. The maximum Gasteiger partial charge on any atom is 0.388 e. The fourth-order valence-corrected chi connectivity index (χ4v) is 94.6. The smallest absolute Gasteiger partial charge is 0.171 e. The van der Waals surface area contributed by atoms with Gasteiger partial charge in [0.25, 0.3) is 0 Å². The van der Waals surface area contributed by atoms with Crippen LogP contribution in [0.15, 0.2) is 194 Å². The summed E-state index contributed by atoms with van der Waals surface area (Å²) in [5.41, 5.74) is 1.04. The van der Waals surface area contributed by atoms with Gasteiger partial charge in [-0.25, -0.2) is 0 Å². The minimum atomic E-state index is -3.98. The molecule has 0 N–H and O–H groups in total. The minimum Gasteiger partial charge on any atom is -0.171 e. The van der Waals surface area contributed by atoms with Crippen molar-refractivity contribution in [3.63, 3.8) is 0 Å². The van der Waals surface area contributed by atoms with Gasteiger partial charge in [-0.3, -0.25) is 0 Å². The Kier molecular flexibility index (Phi) is 36.9. The molecule has 0 amide bonds. The SMILES string of the molecule is C[Si](C)(C)CC[Si](C)(C)[Si](C)(C)CCC(F)(F)F.C[Si](C)(C)CC[Si](C)(C)[Si](C)(C)c1ccc2ccccc2c1.C[Si](C)(C)CC[Si](C)(C)[Si](C)(c1ccccc1)C1CCCCC1.C[Si](C)(CC[Si](C)(C)[Si](C)(c1ccccc1)c1ccccc1)c1ccccc1.C[Si](c1ccccc1)[Si](C)(C)CC[Si](C)(C)C. The van der Waals surface area contributed by atoms with E-state index in [1.54, 1.807) is 37.2 Å². The summed E-state index contributed by atoms with van der Waals surface area (Å²) in [7, 11) is -18.2. The molecule has 0 aliphatic heterocycles. The van der Waals surface area contributed by atoms with E-state index >= 15 is 0 Å². The molecule has 1 fully saturated rings. The third kappa shape index (κ3) is 30.5. The lowest BCUT2D eigenvalue weighted by atomic mass is 10.0. The molecule has 8 rings (SSSR count). The van der Waals surface area contributed by atoms with Gasteiger partial charge in [0.15, 0.2) is 0 Å². The Bertz CT molecular complexity index is 3650. The molecule has 0 spiro atoms. The molecule has 0 saturated heterocycles. The largest absolute Gasteiger partial charge is 0.388 e. The van der Waals surface area contributed by atoms with Crippen molar-refractivity contribution in [3.05, 3.63) is 194 Å². The van der Waals surface area contributed by atoms with Crippen molar-refractivity contribution in [2.24, 2.45) is 0 Å². The highest BCUT2D eigenvalue weighted by molar-refractivity contribution is 7.51. The van der Waals surface area contributed by atoms with Crippen molar-refractivity contribution < 1.29 is 13.2 Å². The first-order valence-corrected chi connectivity index (χ1v) is 94.4. The van der Waals surface area contributed by atoms with E-state index in [1.165, 1.54) is 97.3 Å². The van der Waals surface area contributed by atoms with Gasteiger partial charge >= 0.3 is 6.18 Å². The van der Waals surface area contributed by atoms with E-state index < -0.39 is 121 Å². The van der Waals surface area contributed by atoms with Crippen LogP contribution < -0.4 is 31.1 Å². The number of fused-ring (bicyclic) bond motifs is 1. The highest BCUT2D eigenvalue weighted by Crippen LogP contribution is 2.44. The van der Waals surface area contributed by atoms with Crippen molar-refractivity contribution >= 4 is 159 Å². The normalized spacial score (nSPS) is 15.0. The summed E-state index contributed by atoms with van der Waals surface area (Å²) in [5.74, 6) is 0. The molecule has 0 nitrogen and oxygen atoms in total. The molecule has 1 radical (unpaired) electrons. The predicted molar refractivity (Wildman–Crippen MR) is 532 cm³/mol. The summed E-state index contributed by atoms with van der Waals surface area (Å²) in [6, 6.07) is 88.0. The van der Waals surface area contributed by atoms with E-state index in [2.05, 4.69) is 397 Å². The van der Waals surface area contributed by atoms with E-state index in [9.17, 15) is 13.2 Å². The molecule has 0 heterocycles. The van der Waals surface area contributed by atoms with Crippen LogP contribution in [0.4, 0.5) is 13.2 Å². The molecule has 0 aromatic heterocycles. The number of halogens is 3. The van der Waals surface area contributed by atoms with E-state index in [-0.39, 0.29) is 8.31 Å². The lowest BCUT2D eigenvalue weighted by Crippen LogP contribution is -2.72. The third-order valence-corrected chi connectivity index (χ3v) is 127. The average molecular weight is 1720 g/mol. The summed E-state index contributed by atoms with van der Waals surface area (Å²) < 4.78 is 37.2. The van der Waals surface area contributed by atoms with Crippen LogP contribution in [0.1, 0.15) is 38.5 Å². The quantitative estimate of drug-likeness (QED) is 0.0410. The molecule has 1 aliphatic rings. The predicted octanol–water partition coefficient (Wildman–Crippen LogP) is 27.5. The molecule has 0 bridgehead atoms. The molecular formula is C90H160F3Si15. The van der Waals surface area contributed by atoms with Crippen LogP contribution in [0.25, 0.3) is 10.8 Å². The fourth-order valence-electron chi connectivity index (χ4n) is 15.7. The Morgan fingerprint density at radius 2 is 0.648 bits per heavy atom. The van der Waals surface area contributed by atoms with Crippen molar-refractivity contribution in [1.82, 2.24) is 0 Å². The van der Waals surface area contributed by atoms with Crippen LogP contribution in [-0.2, 0) is 0 Å². The zero-order valence-corrected chi connectivity index (χ0v) is 90.2. The zero-order chi connectivity index (χ0) is 81.9. The summed E-state index contributed by atoms with van der Waals surface area (Å²) >= 11 is 0. The van der Waals surface area contributed by atoms with Crippen LogP contribution in [0.3, 0.4) is 0 Å². The van der Waals surface area contributed by atoms with Gasteiger partial charge in [-0.05, 0) is 16.3 Å². The third-order valence-electron chi connectivity index (χ3n) is 27.4. The topological polar surface area (TPSA) is 0 Å². The van der Waals surface area contributed by atoms with Gasteiger partial charge in [-0.1, -0.05) is 527 Å². The number of rotatable bonds is 29. The van der Waals surface area contributed by atoms with Crippen molar-refractivity contribution in [2.45, 2.75) is 320 Å². The van der Waals surface area contributed by atoms with Gasteiger partial charge in [0, 0.05) is 76.7 Å². The highest BCUT2D eigenvalue weighted by atomic mass is 29.3. The molecular weight excluding hydrogens is 1560 g/mol. The number of hydrogen-bond donors (Lipinski definition) is 0. The van der Waals surface area contributed by atoms with E-state index in [0.717, 1.165) is 5.54 Å². The van der Waals surface area contributed by atoms with E-state index in [4.69, 9.17) is 0 Å². The van der Waals surface area contributed by atoms with Gasteiger partial charge in [0.2, 0.25) is 0 Å². The van der Waals surface area contributed by atoms with Crippen molar-refractivity contribution in [3.8, 4) is 0 Å². The number of hydrogen-bond acceptors (Lipinski definition) is 0. The maximum atomic E-state index is 12.4. The minimum absolute atomic E-state index is 0.304. The van der Waals surface area contributed by atoms with E-state index in [0.29, 0.717) is 6.04 Å². The zero-order valence-electron chi connectivity index (χ0n) is 75.2. The van der Waals surface area contributed by atoms with Gasteiger partial charge in [-0.2, -0.15) is 13.2 Å². The molecule has 601 valence electrons. The van der Waals surface area contributed by atoms with Crippen LogP contribution in [-0.4, -0.2) is 123 Å². The van der Waals surface area contributed by atoms with Gasteiger partial charge < -0.3 is 0 Å². The lowest BCUT2D eigenvalue weighted by molar-refractivity contribution is -0.130. The second-order valence-electron chi connectivity index (χ2n) is 43.3. The Morgan fingerprint density at radius 1 is 0.306 bits per heavy atom. The first kappa shape index (κ1) is 98.2. The summed E-state index contributed by atoms with van der Waals surface area (Å²) in [4.78, 5) is 0. The Morgan fingerprint density at radius 3 is 1.06 bits per heavy atom. The van der Waals surface area contributed by atoms with Gasteiger partial charge in [0.05, 0.1) is 39.2 Å². The molecule has 7 aromatic rings. The van der Waals surface area contributed by atoms with E-state index in [1.807, 2.05) is 0 Å². The van der Waals surface area contributed by atoms with Crippen LogP contribution >= 0.6 is 0 Å². The Labute approximate surface area is 679 Å². The Hall–Kier alpha value is -2.16. The lowest BCUT2D eigenvalue weighted by Gasteiger charge is -2.49. The first-order valence-electron chi connectivity index (χ1n) is 42.0. The summed E-state index contributed by atoms with van der Waals surface area (Å²) in [5, 5.41) is 12.7. The monoisotopic (exact) mass is 1720 g/mol. The second-order valence-corrected chi connectivity index (χ2v) is 146. The van der Waals surface area contributed by atoms with Crippen LogP contribution in [0.5, 0.6) is 0 Å². The molecule has 1 unspecified atom stereocenters. The Balaban J connectivity index is 0.000000289. The van der Waals surface area contributed by atoms with Crippen molar-refractivity contribution in [1.29, 1.82) is 0 Å². The molecule has 1 atom stereocenters. The van der Waals surface area contributed by atoms with Crippen molar-refractivity contribution in [2.75, 3.05) is 0 Å². The molecule has 108 heavy (non-hydrogen) atoms. The highest BCUT2D eigenvalue weighted by Gasteiger charge is 2.52. The number of alkyl halides is 3. The first-order chi connectivity index (χ1) is 49.4. The molecule has 18 heteroatoms. The van der Waals surface area contributed by atoms with Gasteiger partial charge in [0.1, 0.15) is 7.59 Å². The molecule has 1 saturated carbocycles. The van der Waals surface area contributed by atoms with Crippen LogP contribution in [0.2, 0.25) is 275 Å². The standard InChI is InChI=1S/C25H34Si3.C20H38Si3.C19H32Si3.C14H27Si3.C12H29F3Si3/c1-26(2,23-15-9-6-10-16-23)21-22-27(3,4)28(5,24-17-11-7-12-18-24)25-19-13-8-14-20-25;1-21(2,3)17-18-22(4,5)23(6,19-13-9-7-10-14-19)20-15-11-8-12-16-20;1-20(2,3)14-15-21(4,5)22(6,7)19-13-12-17-10-8-9-11-18(17)16-19;1-15(14-10-8-7-9-11-14)17(5,6)13-12-16(2,3)4;1-16(2,3)10-11-18(6,7)17(4,5)9-8-12(13,14)15/h6-20H,21-22H2,1-5H3;7,9-10,13-14,20H,8,11-12,15-18H2,1-6H3;8-13,16H,14-15H2,1-7H3;7-11H,12-13H2,1-6H3;8-11H2,1-7H3. The summed E-state index contributed by atoms with van der Waals surface area (Å²) in [6.45, 7) is 78.4. The fraction of sp³-hybridized carbons (Fsp3) is 0.556. The molecule has 7 aromatic carbocycles. The number of benzene rings is 7. The van der Waals surface area contributed by atoms with Gasteiger partial charge in [-0.15, -0.1) is 0 Å². The molecule has 1 aliphatic carbocycles. The maximum absolute atomic E-state index is 12.4. The van der Waals surface area contributed by atoms with Crippen LogP contribution in [0, 0.1) is 0 Å². The second kappa shape index (κ2) is 40.6. The average Bonchev–Trinajstić information content (AvgIpc) is 0.762.